The van der Waals surface area contributed by atoms with Crippen molar-refractivity contribution < 1.29 is 8.42 Å². The lowest BCUT2D eigenvalue weighted by Crippen LogP contribution is -2.57. The maximum absolute atomic E-state index is 11.0. The Morgan fingerprint density at radius 3 is 2.56 bits per heavy atom. The zero-order valence-corrected chi connectivity index (χ0v) is 10.4. The van der Waals surface area contributed by atoms with Gasteiger partial charge in [0, 0.05) is 11.6 Å². The summed E-state index contributed by atoms with van der Waals surface area (Å²) in [5, 5.41) is 8.60. The van der Waals surface area contributed by atoms with Gasteiger partial charge in [0.15, 0.2) is 0 Å². The second kappa shape index (κ2) is 4.60. The smallest absolute Gasteiger partial charge is 0.274 e. The van der Waals surface area contributed by atoms with Crippen molar-refractivity contribution in [3.63, 3.8) is 0 Å². The van der Waals surface area contributed by atoms with E-state index >= 15 is 0 Å². The van der Waals surface area contributed by atoms with Crippen molar-refractivity contribution in [3.8, 4) is 0 Å². The molecule has 0 radical (unpaired) electrons. The van der Waals surface area contributed by atoms with Gasteiger partial charge in [0.25, 0.3) is 10.2 Å². The predicted molar refractivity (Wildman–Crippen MR) is 63.1 cm³/mol. The van der Waals surface area contributed by atoms with Crippen molar-refractivity contribution in [2.45, 2.75) is 56.5 Å². The van der Waals surface area contributed by atoms with E-state index in [4.69, 9.17) is 5.14 Å². The number of nitrogens with two attached hydrogens (primary N) is 1. The highest BCUT2D eigenvalue weighted by Gasteiger charge is 2.37. The summed E-state index contributed by atoms with van der Waals surface area (Å²) in [6.07, 6.45) is 7.83. The molecule has 0 aromatic heterocycles. The Hall–Kier alpha value is -0.170. The van der Waals surface area contributed by atoms with Crippen LogP contribution in [0.15, 0.2) is 0 Å². The van der Waals surface area contributed by atoms with Crippen LogP contribution in [0.4, 0.5) is 0 Å². The zero-order chi connectivity index (χ0) is 11.6. The number of rotatable bonds is 2. The Morgan fingerprint density at radius 2 is 1.94 bits per heavy atom. The van der Waals surface area contributed by atoms with Gasteiger partial charge in [-0.15, -0.1) is 0 Å². The molecule has 1 saturated carbocycles. The molecule has 2 fully saturated rings. The molecule has 1 unspecified atom stereocenters. The Balaban J connectivity index is 1.98. The van der Waals surface area contributed by atoms with Crippen LogP contribution in [0.5, 0.6) is 0 Å². The minimum absolute atomic E-state index is 0.00866. The third-order valence-corrected chi connectivity index (χ3v) is 4.43. The summed E-state index contributed by atoms with van der Waals surface area (Å²) in [6, 6.07) is 0.00866. The molecule has 1 spiro atoms. The fourth-order valence-electron chi connectivity index (χ4n) is 3.10. The molecular formula is C10H21N3O2S. The monoisotopic (exact) mass is 247 g/mol. The van der Waals surface area contributed by atoms with Gasteiger partial charge in [0.2, 0.25) is 0 Å². The number of piperidine rings is 1. The average Bonchev–Trinajstić information content (AvgIpc) is 2.16. The first kappa shape index (κ1) is 12.3. The molecule has 1 heterocycles. The van der Waals surface area contributed by atoms with Gasteiger partial charge in [-0.1, -0.05) is 19.3 Å². The van der Waals surface area contributed by atoms with Gasteiger partial charge in [0.1, 0.15) is 0 Å². The van der Waals surface area contributed by atoms with E-state index in [0.717, 1.165) is 32.2 Å². The highest BCUT2D eigenvalue weighted by molar-refractivity contribution is 7.87. The van der Waals surface area contributed by atoms with Crippen LogP contribution < -0.4 is 15.2 Å². The summed E-state index contributed by atoms with van der Waals surface area (Å²) in [7, 11) is -3.56. The molecule has 0 amide bonds. The van der Waals surface area contributed by atoms with Crippen molar-refractivity contribution in [2.24, 2.45) is 5.14 Å². The van der Waals surface area contributed by atoms with Gasteiger partial charge in [-0.2, -0.15) is 13.1 Å². The van der Waals surface area contributed by atoms with Crippen LogP contribution in [0.1, 0.15) is 44.9 Å². The highest BCUT2D eigenvalue weighted by Crippen LogP contribution is 2.34. The maximum atomic E-state index is 11.0. The van der Waals surface area contributed by atoms with Gasteiger partial charge < -0.3 is 5.32 Å². The van der Waals surface area contributed by atoms with Gasteiger partial charge in [-0.3, -0.25) is 0 Å². The molecular weight excluding hydrogens is 226 g/mol. The minimum Gasteiger partial charge on any atom is -0.311 e. The van der Waals surface area contributed by atoms with E-state index in [9.17, 15) is 8.42 Å². The van der Waals surface area contributed by atoms with Crippen LogP contribution >= 0.6 is 0 Å². The van der Waals surface area contributed by atoms with E-state index in [1.165, 1.54) is 19.3 Å². The van der Waals surface area contributed by atoms with Crippen LogP contribution in [-0.4, -0.2) is 26.5 Å². The average molecular weight is 247 g/mol. The first-order chi connectivity index (χ1) is 7.49. The second-order valence-electron chi connectivity index (χ2n) is 5.12. The molecule has 4 N–H and O–H groups in total. The van der Waals surface area contributed by atoms with Gasteiger partial charge in [0.05, 0.1) is 0 Å². The first-order valence-electron chi connectivity index (χ1n) is 6.04. The third-order valence-electron chi connectivity index (χ3n) is 3.77. The standard InChI is InChI=1S/C10H21N3O2S/c11-16(14,15)13-9-4-7-12-10(8-9)5-2-1-3-6-10/h9,12-13H,1-8H2,(H2,11,14,15). The lowest BCUT2D eigenvalue weighted by atomic mass is 9.75. The molecule has 16 heavy (non-hydrogen) atoms. The summed E-state index contributed by atoms with van der Waals surface area (Å²) < 4.78 is 24.6. The van der Waals surface area contributed by atoms with E-state index < -0.39 is 10.2 Å². The Kier molecular flexibility index (Phi) is 3.53. The molecule has 94 valence electrons. The molecule has 2 aliphatic rings. The van der Waals surface area contributed by atoms with Crippen LogP contribution in [0, 0.1) is 0 Å². The van der Waals surface area contributed by atoms with Crippen LogP contribution in [-0.2, 0) is 10.2 Å². The summed E-state index contributed by atoms with van der Waals surface area (Å²) >= 11 is 0. The fraction of sp³-hybridized carbons (Fsp3) is 1.00. The normalized spacial score (nSPS) is 30.4. The molecule has 0 bridgehead atoms. The van der Waals surface area contributed by atoms with Crippen LogP contribution in [0.2, 0.25) is 0 Å². The Morgan fingerprint density at radius 1 is 1.25 bits per heavy atom. The SMILES string of the molecule is NS(=O)(=O)NC1CCNC2(CCCCC2)C1. The topological polar surface area (TPSA) is 84.2 Å². The van der Waals surface area contributed by atoms with Crippen molar-refractivity contribution >= 4 is 10.2 Å². The summed E-state index contributed by atoms with van der Waals surface area (Å²) in [4.78, 5) is 0. The lowest BCUT2D eigenvalue weighted by Gasteiger charge is -2.44. The largest absolute Gasteiger partial charge is 0.311 e. The summed E-state index contributed by atoms with van der Waals surface area (Å²) in [5.41, 5.74) is 0.166. The molecule has 2 rings (SSSR count). The van der Waals surface area contributed by atoms with Crippen molar-refractivity contribution in [2.75, 3.05) is 6.54 Å². The molecule has 0 aromatic rings. The molecule has 1 aliphatic heterocycles. The molecule has 1 aliphatic carbocycles. The van der Waals surface area contributed by atoms with Crippen molar-refractivity contribution in [1.82, 2.24) is 10.0 Å². The maximum Gasteiger partial charge on any atom is 0.274 e. The quantitative estimate of drug-likeness (QED) is 0.653. The van der Waals surface area contributed by atoms with Gasteiger partial charge in [-0.05, 0) is 32.2 Å². The minimum atomic E-state index is -3.56. The fourth-order valence-corrected chi connectivity index (χ4v) is 3.77. The zero-order valence-electron chi connectivity index (χ0n) is 9.54. The molecule has 1 saturated heterocycles. The highest BCUT2D eigenvalue weighted by atomic mass is 32.2. The number of hydrogen-bond acceptors (Lipinski definition) is 3. The van der Waals surface area contributed by atoms with E-state index in [2.05, 4.69) is 10.0 Å². The summed E-state index contributed by atoms with van der Waals surface area (Å²) in [6.45, 7) is 0.882. The lowest BCUT2D eigenvalue weighted by molar-refractivity contribution is 0.165. The van der Waals surface area contributed by atoms with E-state index in [1.54, 1.807) is 0 Å². The molecule has 5 nitrogen and oxygen atoms in total. The van der Waals surface area contributed by atoms with Gasteiger partial charge >= 0.3 is 0 Å². The van der Waals surface area contributed by atoms with Crippen molar-refractivity contribution in [1.29, 1.82) is 0 Å². The van der Waals surface area contributed by atoms with E-state index in [1.807, 2.05) is 0 Å². The van der Waals surface area contributed by atoms with Gasteiger partial charge in [-0.25, -0.2) is 5.14 Å². The summed E-state index contributed by atoms with van der Waals surface area (Å²) in [5.74, 6) is 0. The van der Waals surface area contributed by atoms with Crippen molar-refractivity contribution in [3.05, 3.63) is 0 Å². The van der Waals surface area contributed by atoms with E-state index in [0.29, 0.717) is 0 Å². The molecule has 6 heteroatoms. The second-order valence-corrected chi connectivity index (χ2v) is 6.45. The number of nitrogens with one attached hydrogen (secondary N) is 2. The first-order valence-corrected chi connectivity index (χ1v) is 7.59. The Bertz CT molecular complexity index is 330. The van der Waals surface area contributed by atoms with Crippen LogP contribution in [0.25, 0.3) is 0 Å². The van der Waals surface area contributed by atoms with E-state index in [-0.39, 0.29) is 11.6 Å². The van der Waals surface area contributed by atoms with Crippen LogP contribution in [0.3, 0.4) is 0 Å². The molecule has 1 atom stereocenters. The third kappa shape index (κ3) is 3.16. The Labute approximate surface area is 97.3 Å². The number of hydrogen-bond donors (Lipinski definition) is 3. The molecule has 0 aromatic carbocycles. The predicted octanol–water partition coefficient (Wildman–Crippen LogP) is 0.234.